The maximum atomic E-state index is 14.4. The summed E-state index contributed by atoms with van der Waals surface area (Å²) in [5.41, 5.74) is 1.02. The predicted molar refractivity (Wildman–Crippen MR) is 112 cm³/mol. The number of morpholine rings is 1. The molecule has 32 heavy (non-hydrogen) atoms. The summed E-state index contributed by atoms with van der Waals surface area (Å²) in [4.78, 5) is 10.6. The number of nitrogens with one attached hydrogen (secondary N) is 2. The van der Waals surface area contributed by atoms with Crippen LogP contribution in [0.5, 0.6) is 11.5 Å². The molecule has 0 atom stereocenters. The summed E-state index contributed by atoms with van der Waals surface area (Å²) in [5, 5.41) is 10.2. The molecule has 1 saturated heterocycles. The number of H-pyrrole nitrogens is 1. The second-order valence-corrected chi connectivity index (χ2v) is 7.33. The smallest absolute Gasteiger partial charge is 0.228 e. The van der Waals surface area contributed by atoms with E-state index in [9.17, 15) is 8.78 Å². The van der Waals surface area contributed by atoms with Gasteiger partial charge in [-0.3, -0.25) is 10.00 Å². The second-order valence-electron chi connectivity index (χ2n) is 7.33. The molecule has 0 radical (unpaired) electrons. The first-order valence-electron chi connectivity index (χ1n) is 10.1. The minimum absolute atomic E-state index is 0.0368. The standard InChI is InChI=1S/C21H24F2N6O3/c1-13-7-17(30-2)20(23)16(19(13)22)12-32-15-9-24-21(25-10-15)26-18-8-14(27-28-18)11-29-3-5-31-6-4-29/h7-10H,3-6,11-12H2,1-2H3,(H2,24,25,26,27,28). The van der Waals surface area contributed by atoms with Gasteiger partial charge in [0.05, 0.1) is 44.0 Å². The molecule has 0 spiro atoms. The van der Waals surface area contributed by atoms with Crippen LogP contribution in [0.25, 0.3) is 0 Å². The van der Waals surface area contributed by atoms with Crippen molar-refractivity contribution in [3.63, 3.8) is 0 Å². The van der Waals surface area contributed by atoms with Crippen LogP contribution in [0.3, 0.4) is 0 Å². The Morgan fingerprint density at radius 2 is 1.91 bits per heavy atom. The number of ether oxygens (including phenoxy) is 3. The normalized spacial score (nSPS) is 14.4. The van der Waals surface area contributed by atoms with Gasteiger partial charge in [0.25, 0.3) is 0 Å². The lowest BCUT2D eigenvalue weighted by atomic mass is 10.1. The number of aromatic amines is 1. The van der Waals surface area contributed by atoms with E-state index < -0.39 is 11.6 Å². The Balaban J connectivity index is 1.35. The summed E-state index contributed by atoms with van der Waals surface area (Å²) >= 11 is 0. The Bertz CT molecular complexity index is 1050. The largest absolute Gasteiger partial charge is 0.494 e. The number of methoxy groups -OCH3 is 1. The molecule has 4 rings (SSSR count). The number of aromatic nitrogens is 4. The van der Waals surface area contributed by atoms with E-state index in [2.05, 4.69) is 30.4 Å². The molecule has 9 nitrogen and oxygen atoms in total. The van der Waals surface area contributed by atoms with E-state index in [4.69, 9.17) is 14.2 Å². The fourth-order valence-electron chi connectivity index (χ4n) is 3.31. The van der Waals surface area contributed by atoms with Crippen LogP contribution in [0.1, 0.15) is 16.8 Å². The van der Waals surface area contributed by atoms with Crippen LogP contribution in [-0.4, -0.2) is 58.5 Å². The minimum atomic E-state index is -0.791. The van der Waals surface area contributed by atoms with E-state index >= 15 is 0 Å². The Morgan fingerprint density at radius 3 is 2.62 bits per heavy atom. The van der Waals surface area contributed by atoms with E-state index in [1.54, 1.807) is 0 Å². The lowest BCUT2D eigenvalue weighted by Gasteiger charge is -2.25. The molecule has 2 aromatic heterocycles. The summed E-state index contributed by atoms with van der Waals surface area (Å²) in [7, 11) is 1.32. The molecule has 2 N–H and O–H groups in total. The zero-order valence-electron chi connectivity index (χ0n) is 17.8. The van der Waals surface area contributed by atoms with Gasteiger partial charge in [0.15, 0.2) is 23.1 Å². The maximum absolute atomic E-state index is 14.4. The van der Waals surface area contributed by atoms with Gasteiger partial charge < -0.3 is 19.5 Å². The van der Waals surface area contributed by atoms with Gasteiger partial charge in [-0.2, -0.15) is 5.10 Å². The van der Waals surface area contributed by atoms with Crippen LogP contribution in [0.2, 0.25) is 0 Å². The number of aryl methyl sites for hydroxylation is 1. The van der Waals surface area contributed by atoms with Crippen molar-refractivity contribution < 1.29 is 23.0 Å². The number of halogens is 2. The highest BCUT2D eigenvalue weighted by atomic mass is 19.1. The van der Waals surface area contributed by atoms with Gasteiger partial charge in [-0.15, -0.1) is 0 Å². The average Bonchev–Trinajstić information content (AvgIpc) is 3.24. The molecule has 1 aliphatic rings. The summed E-state index contributed by atoms with van der Waals surface area (Å²) in [6.07, 6.45) is 2.83. The zero-order valence-corrected chi connectivity index (χ0v) is 17.8. The minimum Gasteiger partial charge on any atom is -0.494 e. The number of benzene rings is 1. The molecule has 0 aliphatic carbocycles. The van der Waals surface area contributed by atoms with Crippen LogP contribution < -0.4 is 14.8 Å². The molecule has 0 unspecified atom stereocenters. The zero-order chi connectivity index (χ0) is 22.5. The number of nitrogens with zero attached hydrogens (tertiary/aromatic N) is 4. The van der Waals surface area contributed by atoms with E-state index in [-0.39, 0.29) is 29.2 Å². The number of hydrogen-bond donors (Lipinski definition) is 2. The quantitative estimate of drug-likeness (QED) is 0.545. The fourth-order valence-corrected chi connectivity index (χ4v) is 3.31. The number of hydrogen-bond acceptors (Lipinski definition) is 8. The van der Waals surface area contributed by atoms with Crippen LogP contribution in [0.15, 0.2) is 24.5 Å². The van der Waals surface area contributed by atoms with Gasteiger partial charge in [0, 0.05) is 25.7 Å². The van der Waals surface area contributed by atoms with E-state index in [0.717, 1.165) is 38.5 Å². The van der Waals surface area contributed by atoms with Crippen molar-refractivity contribution in [1.29, 1.82) is 0 Å². The Labute approximate surface area is 183 Å². The van der Waals surface area contributed by atoms with Gasteiger partial charge in [-0.1, -0.05) is 0 Å². The molecule has 3 heterocycles. The van der Waals surface area contributed by atoms with Crippen molar-refractivity contribution in [2.45, 2.75) is 20.1 Å². The molecule has 1 fully saturated rings. The predicted octanol–water partition coefficient (Wildman–Crippen LogP) is 2.95. The SMILES string of the molecule is COc1cc(C)c(F)c(COc2cnc(Nc3cc(CN4CCOCC4)[nH]n3)nc2)c1F. The van der Waals surface area contributed by atoms with Crippen LogP contribution in [0.4, 0.5) is 20.5 Å². The van der Waals surface area contributed by atoms with Crippen molar-refractivity contribution in [3.8, 4) is 11.5 Å². The maximum Gasteiger partial charge on any atom is 0.228 e. The summed E-state index contributed by atoms with van der Waals surface area (Å²) in [6.45, 7) is 5.20. The van der Waals surface area contributed by atoms with Gasteiger partial charge in [0.1, 0.15) is 12.4 Å². The van der Waals surface area contributed by atoms with Crippen molar-refractivity contribution in [1.82, 2.24) is 25.1 Å². The van der Waals surface area contributed by atoms with Gasteiger partial charge in [-0.05, 0) is 18.6 Å². The van der Waals surface area contributed by atoms with Crippen molar-refractivity contribution >= 4 is 11.8 Å². The molecular formula is C21H24F2N6O3. The number of rotatable bonds is 8. The lowest BCUT2D eigenvalue weighted by molar-refractivity contribution is 0.0336. The summed E-state index contributed by atoms with van der Waals surface area (Å²) in [5.74, 6) is -0.334. The molecule has 0 amide bonds. The van der Waals surface area contributed by atoms with Crippen LogP contribution >= 0.6 is 0 Å². The first-order valence-corrected chi connectivity index (χ1v) is 10.1. The molecule has 3 aromatic rings. The molecule has 170 valence electrons. The van der Waals surface area contributed by atoms with Gasteiger partial charge in [0.2, 0.25) is 5.95 Å². The summed E-state index contributed by atoms with van der Waals surface area (Å²) in [6, 6.07) is 3.19. The Hall–Kier alpha value is -3.31. The topological polar surface area (TPSA) is 97.4 Å². The van der Waals surface area contributed by atoms with Crippen molar-refractivity contribution in [3.05, 3.63) is 53.0 Å². The molecular weight excluding hydrogens is 422 g/mol. The summed E-state index contributed by atoms with van der Waals surface area (Å²) < 4.78 is 44.4. The second kappa shape index (κ2) is 9.88. The average molecular weight is 446 g/mol. The highest BCUT2D eigenvalue weighted by Gasteiger charge is 2.18. The highest BCUT2D eigenvalue weighted by Crippen LogP contribution is 2.27. The third-order valence-corrected chi connectivity index (χ3v) is 5.04. The third-order valence-electron chi connectivity index (χ3n) is 5.04. The van der Waals surface area contributed by atoms with Crippen LogP contribution in [-0.2, 0) is 17.9 Å². The third kappa shape index (κ3) is 5.11. The Morgan fingerprint density at radius 1 is 1.16 bits per heavy atom. The van der Waals surface area contributed by atoms with E-state index in [0.29, 0.717) is 11.8 Å². The highest BCUT2D eigenvalue weighted by molar-refractivity contribution is 5.48. The van der Waals surface area contributed by atoms with Crippen molar-refractivity contribution in [2.75, 3.05) is 38.7 Å². The molecule has 0 bridgehead atoms. The first-order chi connectivity index (χ1) is 15.5. The van der Waals surface area contributed by atoms with E-state index in [1.165, 1.54) is 32.5 Å². The fraction of sp³-hybridized carbons (Fsp3) is 0.381. The molecule has 1 aliphatic heterocycles. The van der Waals surface area contributed by atoms with Gasteiger partial charge >= 0.3 is 0 Å². The van der Waals surface area contributed by atoms with Crippen molar-refractivity contribution in [2.24, 2.45) is 0 Å². The number of anilines is 2. The Kier molecular flexibility index (Phi) is 6.76. The molecule has 0 saturated carbocycles. The van der Waals surface area contributed by atoms with E-state index in [1.807, 2.05) is 6.07 Å². The molecule has 11 heteroatoms. The lowest BCUT2D eigenvalue weighted by Crippen LogP contribution is -2.35. The van der Waals surface area contributed by atoms with Crippen LogP contribution in [0, 0.1) is 18.6 Å². The first kappa shape index (κ1) is 21.9. The monoisotopic (exact) mass is 446 g/mol. The molecule has 1 aromatic carbocycles. The van der Waals surface area contributed by atoms with Gasteiger partial charge in [-0.25, -0.2) is 18.7 Å².